The molecule has 0 bridgehead atoms. The van der Waals surface area contributed by atoms with Crippen LogP contribution in [-0.2, 0) is 23.8 Å². The van der Waals surface area contributed by atoms with Crippen LogP contribution in [0.5, 0.6) is 0 Å². The highest BCUT2D eigenvalue weighted by molar-refractivity contribution is 5.69. The van der Waals surface area contributed by atoms with Crippen molar-refractivity contribution in [3.8, 4) is 11.1 Å². The molecule has 172 valence electrons. The van der Waals surface area contributed by atoms with Gasteiger partial charge in [0.05, 0.1) is 18.3 Å². The Hall–Kier alpha value is -2.40. The largest absolute Gasteiger partial charge is 0.419 e. The van der Waals surface area contributed by atoms with Crippen LogP contribution in [0.25, 0.3) is 11.1 Å². The second kappa shape index (κ2) is 11.0. The lowest BCUT2D eigenvalue weighted by Crippen LogP contribution is -2.24. The molecule has 0 N–H and O–H groups in total. The van der Waals surface area contributed by atoms with Gasteiger partial charge < -0.3 is 4.74 Å². The summed E-state index contributed by atoms with van der Waals surface area (Å²) in [6, 6.07) is 9.81. The zero-order chi connectivity index (χ0) is 23.1. The lowest BCUT2D eigenvalue weighted by Gasteiger charge is -2.27. The molecule has 1 fully saturated rings. The Morgan fingerprint density at radius 1 is 1.06 bits per heavy atom. The Morgan fingerprint density at radius 2 is 1.81 bits per heavy atom. The summed E-state index contributed by atoms with van der Waals surface area (Å²) >= 11 is 0. The summed E-state index contributed by atoms with van der Waals surface area (Å²) in [5, 5.41) is 0. The van der Waals surface area contributed by atoms with Crippen LogP contribution in [-0.4, -0.2) is 12.7 Å². The molecule has 1 aliphatic heterocycles. The van der Waals surface area contributed by atoms with E-state index in [1.165, 1.54) is 12.1 Å². The number of hydrogen-bond acceptors (Lipinski definition) is 1. The molecule has 1 aliphatic rings. The van der Waals surface area contributed by atoms with Crippen molar-refractivity contribution in [3.05, 3.63) is 83.7 Å². The number of benzene rings is 2. The van der Waals surface area contributed by atoms with E-state index < -0.39 is 17.6 Å². The molecule has 2 aromatic rings. The van der Waals surface area contributed by atoms with Crippen LogP contribution in [0.2, 0.25) is 0 Å². The van der Waals surface area contributed by atoms with Gasteiger partial charge in [0.25, 0.3) is 0 Å². The number of hydrogen-bond donors (Lipinski definition) is 0. The Labute approximate surface area is 187 Å². The zero-order valence-corrected chi connectivity index (χ0v) is 18.4. The monoisotopic (exact) mass is 446 g/mol. The highest BCUT2D eigenvalue weighted by Crippen LogP contribution is 2.40. The van der Waals surface area contributed by atoms with Crippen LogP contribution in [0.3, 0.4) is 0 Å². The highest BCUT2D eigenvalue weighted by atomic mass is 19.4. The van der Waals surface area contributed by atoms with Gasteiger partial charge in [-0.15, -0.1) is 6.58 Å². The molecule has 32 heavy (non-hydrogen) atoms. The van der Waals surface area contributed by atoms with E-state index in [1.54, 1.807) is 18.2 Å². The molecule has 0 saturated carbocycles. The van der Waals surface area contributed by atoms with Gasteiger partial charge in [0.2, 0.25) is 0 Å². The number of halogens is 4. The Bertz CT molecular complexity index is 920. The molecule has 5 heteroatoms. The van der Waals surface area contributed by atoms with Crippen molar-refractivity contribution in [2.75, 3.05) is 6.61 Å². The van der Waals surface area contributed by atoms with Gasteiger partial charge in [0.1, 0.15) is 5.82 Å². The molecular formula is C27H30F4O. The first-order valence-electron chi connectivity index (χ1n) is 11.2. The van der Waals surface area contributed by atoms with E-state index in [4.69, 9.17) is 4.74 Å². The maximum absolute atomic E-state index is 15.1. The third-order valence-electron chi connectivity index (χ3n) is 6.10. The molecule has 0 aromatic heterocycles. The predicted octanol–water partition coefficient (Wildman–Crippen LogP) is 7.93. The summed E-state index contributed by atoms with van der Waals surface area (Å²) in [5.74, 6) is -0.942. The minimum atomic E-state index is -4.77. The fourth-order valence-corrected chi connectivity index (χ4v) is 4.20. The van der Waals surface area contributed by atoms with Crippen LogP contribution in [0.15, 0.2) is 61.2 Å². The Kier molecular flexibility index (Phi) is 8.30. The smallest absolute Gasteiger partial charge is 0.374 e. The van der Waals surface area contributed by atoms with Crippen LogP contribution in [0.4, 0.5) is 17.6 Å². The molecule has 2 atom stereocenters. The highest BCUT2D eigenvalue weighted by Gasteiger charge is 2.38. The fraction of sp³-hybridized carbons (Fsp3) is 0.407. The normalized spacial score (nSPS) is 19.4. The van der Waals surface area contributed by atoms with Gasteiger partial charge >= 0.3 is 6.18 Å². The molecule has 1 saturated heterocycles. The SMILES string of the molecule is C=CC1CCC(CCc2ccc(-c3ccc(CC/C=C/C)cc3)c(C(F)(F)F)c2F)CO1. The van der Waals surface area contributed by atoms with Crippen molar-refractivity contribution < 1.29 is 22.3 Å². The van der Waals surface area contributed by atoms with E-state index in [2.05, 4.69) is 6.58 Å². The summed E-state index contributed by atoms with van der Waals surface area (Å²) in [7, 11) is 0. The van der Waals surface area contributed by atoms with Crippen LogP contribution in [0, 0.1) is 11.7 Å². The van der Waals surface area contributed by atoms with Crippen LogP contribution < -0.4 is 0 Å². The molecular weight excluding hydrogens is 416 g/mol. The van der Waals surface area contributed by atoms with Gasteiger partial charge in [-0.25, -0.2) is 4.39 Å². The average Bonchev–Trinajstić information content (AvgIpc) is 2.78. The molecule has 0 spiro atoms. The van der Waals surface area contributed by atoms with Crippen molar-refractivity contribution in [1.82, 2.24) is 0 Å². The van der Waals surface area contributed by atoms with Crippen molar-refractivity contribution in [2.45, 2.75) is 57.7 Å². The maximum atomic E-state index is 15.1. The number of allylic oxidation sites excluding steroid dienone is 2. The van der Waals surface area contributed by atoms with E-state index in [1.807, 2.05) is 31.2 Å². The third kappa shape index (κ3) is 6.10. The third-order valence-corrected chi connectivity index (χ3v) is 6.10. The van der Waals surface area contributed by atoms with Crippen LogP contribution in [0.1, 0.15) is 49.3 Å². The second-order valence-electron chi connectivity index (χ2n) is 8.35. The first kappa shape index (κ1) is 24.2. The molecule has 2 unspecified atom stereocenters. The molecule has 2 aromatic carbocycles. The van der Waals surface area contributed by atoms with Gasteiger partial charge in [-0.3, -0.25) is 0 Å². The number of rotatable bonds is 8. The minimum Gasteiger partial charge on any atom is -0.374 e. The summed E-state index contributed by atoms with van der Waals surface area (Å²) in [6.45, 7) is 6.19. The number of aryl methyl sites for hydroxylation is 2. The fourth-order valence-electron chi connectivity index (χ4n) is 4.20. The molecule has 3 rings (SSSR count). The molecule has 1 nitrogen and oxygen atoms in total. The van der Waals surface area contributed by atoms with Crippen molar-refractivity contribution >= 4 is 0 Å². The molecule has 0 radical (unpaired) electrons. The summed E-state index contributed by atoms with van der Waals surface area (Å²) in [6.07, 6.45) is 5.31. The maximum Gasteiger partial charge on any atom is 0.419 e. The minimum absolute atomic E-state index is 0.0357. The van der Waals surface area contributed by atoms with Crippen molar-refractivity contribution in [1.29, 1.82) is 0 Å². The van der Waals surface area contributed by atoms with Crippen LogP contribution >= 0.6 is 0 Å². The van der Waals surface area contributed by atoms with E-state index in [0.717, 1.165) is 31.2 Å². The standard InChI is InChI=1S/C27H30F4O/c1-3-5-6-7-19-8-12-21(13-9-19)24-17-15-22(26(28)25(24)27(29,30)31)14-10-20-11-16-23(4-2)32-18-20/h3-5,8-9,12-13,15,17,20,23H,2,6-7,10-11,14,16,18H2,1H3/b5-3+. The molecule has 0 aliphatic carbocycles. The zero-order valence-electron chi connectivity index (χ0n) is 18.4. The Morgan fingerprint density at radius 3 is 2.41 bits per heavy atom. The molecule has 0 amide bonds. The second-order valence-corrected chi connectivity index (χ2v) is 8.35. The van der Waals surface area contributed by atoms with Crippen molar-refractivity contribution in [3.63, 3.8) is 0 Å². The first-order chi connectivity index (χ1) is 15.3. The predicted molar refractivity (Wildman–Crippen MR) is 121 cm³/mol. The summed E-state index contributed by atoms with van der Waals surface area (Å²) in [5.41, 5.74) is 0.214. The van der Waals surface area contributed by atoms with Gasteiger partial charge in [0, 0.05) is 0 Å². The number of ether oxygens (including phenoxy) is 1. The van der Waals surface area contributed by atoms with Crippen molar-refractivity contribution in [2.24, 2.45) is 5.92 Å². The summed E-state index contributed by atoms with van der Waals surface area (Å²) in [4.78, 5) is 0. The Balaban J connectivity index is 1.79. The van der Waals surface area contributed by atoms with Gasteiger partial charge in [-0.05, 0) is 73.6 Å². The summed E-state index contributed by atoms with van der Waals surface area (Å²) < 4.78 is 62.3. The quantitative estimate of drug-likeness (QED) is 0.295. The van der Waals surface area contributed by atoms with Gasteiger partial charge in [-0.2, -0.15) is 13.2 Å². The van der Waals surface area contributed by atoms with E-state index in [0.29, 0.717) is 18.6 Å². The van der Waals surface area contributed by atoms with E-state index in [9.17, 15) is 13.2 Å². The number of alkyl halides is 3. The van der Waals surface area contributed by atoms with E-state index in [-0.39, 0.29) is 29.6 Å². The lowest BCUT2D eigenvalue weighted by molar-refractivity contribution is -0.139. The molecule has 1 heterocycles. The van der Waals surface area contributed by atoms with Gasteiger partial charge in [-0.1, -0.05) is 54.6 Å². The van der Waals surface area contributed by atoms with Gasteiger partial charge in [0.15, 0.2) is 0 Å². The average molecular weight is 447 g/mol. The van der Waals surface area contributed by atoms with E-state index >= 15 is 4.39 Å². The lowest BCUT2D eigenvalue weighted by atomic mass is 9.90. The first-order valence-corrected chi connectivity index (χ1v) is 11.2. The topological polar surface area (TPSA) is 9.23 Å².